The van der Waals surface area contributed by atoms with Gasteiger partial charge in [0.15, 0.2) is 5.16 Å². The quantitative estimate of drug-likeness (QED) is 0.548. The highest BCUT2D eigenvalue weighted by atomic mass is 32.2. The van der Waals surface area contributed by atoms with Crippen molar-refractivity contribution in [3.8, 4) is 6.07 Å². The highest BCUT2D eigenvalue weighted by Crippen LogP contribution is 2.21. The molecule has 2 aromatic carbocycles. The van der Waals surface area contributed by atoms with Crippen LogP contribution in [-0.2, 0) is 17.9 Å². The molecule has 0 radical (unpaired) electrons. The van der Waals surface area contributed by atoms with Gasteiger partial charge in [-0.25, -0.2) is 0 Å². The van der Waals surface area contributed by atoms with Crippen molar-refractivity contribution in [2.45, 2.75) is 31.1 Å². The molecule has 0 aliphatic carbocycles. The lowest BCUT2D eigenvalue weighted by Crippen LogP contribution is -2.22. The first-order chi connectivity index (χ1) is 15.2. The zero-order valence-electron chi connectivity index (χ0n) is 17.2. The van der Waals surface area contributed by atoms with E-state index in [0.29, 0.717) is 17.8 Å². The van der Waals surface area contributed by atoms with Gasteiger partial charge in [0.2, 0.25) is 5.91 Å². The molecule has 8 heteroatoms. The predicted octanol–water partition coefficient (Wildman–Crippen LogP) is 3.52. The number of anilines is 1. The first-order valence-electron chi connectivity index (χ1n) is 10.3. The molecule has 1 aliphatic rings. The van der Waals surface area contributed by atoms with Gasteiger partial charge in [-0.3, -0.25) is 9.69 Å². The number of hydrogen-bond donors (Lipinski definition) is 1. The first kappa shape index (κ1) is 21.1. The number of carbonyl (C=O) groups is 1. The zero-order chi connectivity index (χ0) is 21.5. The first-order valence-corrected chi connectivity index (χ1v) is 11.3. The topological polar surface area (TPSA) is 86.8 Å². The minimum Gasteiger partial charge on any atom is -0.325 e. The van der Waals surface area contributed by atoms with E-state index in [0.717, 1.165) is 30.6 Å². The molecular formula is C23H24N6OS. The SMILES string of the molecule is N#Cc1cccc(NC(=O)CSc2nnc(CN3CCCC3)n2Cc2ccccc2)c1. The van der Waals surface area contributed by atoms with E-state index in [2.05, 4.69) is 43.2 Å². The Morgan fingerprint density at radius 3 is 2.65 bits per heavy atom. The summed E-state index contributed by atoms with van der Waals surface area (Å²) >= 11 is 1.38. The van der Waals surface area contributed by atoms with Crippen LogP contribution in [0.4, 0.5) is 5.69 Å². The maximum Gasteiger partial charge on any atom is 0.234 e. The number of carbonyl (C=O) groups excluding carboxylic acids is 1. The molecule has 2 heterocycles. The summed E-state index contributed by atoms with van der Waals surface area (Å²) in [6.07, 6.45) is 2.45. The Labute approximate surface area is 186 Å². The lowest BCUT2D eigenvalue weighted by molar-refractivity contribution is -0.113. The van der Waals surface area contributed by atoms with Gasteiger partial charge < -0.3 is 9.88 Å². The van der Waals surface area contributed by atoms with E-state index in [1.807, 2.05) is 18.2 Å². The summed E-state index contributed by atoms with van der Waals surface area (Å²) in [4.78, 5) is 14.9. The molecule has 7 nitrogen and oxygen atoms in total. The van der Waals surface area contributed by atoms with E-state index in [-0.39, 0.29) is 11.7 Å². The third kappa shape index (κ3) is 5.72. The molecule has 1 N–H and O–H groups in total. The van der Waals surface area contributed by atoms with E-state index in [1.54, 1.807) is 24.3 Å². The van der Waals surface area contributed by atoms with E-state index in [4.69, 9.17) is 5.26 Å². The van der Waals surface area contributed by atoms with Gasteiger partial charge in [-0.05, 0) is 49.7 Å². The van der Waals surface area contributed by atoms with Gasteiger partial charge in [-0.1, -0.05) is 48.2 Å². The number of benzene rings is 2. The largest absolute Gasteiger partial charge is 0.325 e. The standard InChI is InChI=1S/C23H24N6OS/c24-14-19-9-6-10-20(13-19)25-22(30)17-31-23-27-26-21(16-28-11-4-5-12-28)29(23)15-18-7-2-1-3-8-18/h1-3,6-10,13H,4-5,11-12,15-17H2,(H,25,30). The maximum atomic E-state index is 12.5. The third-order valence-electron chi connectivity index (χ3n) is 5.15. The van der Waals surface area contributed by atoms with Crippen LogP contribution in [0.15, 0.2) is 59.8 Å². The fourth-order valence-electron chi connectivity index (χ4n) is 3.60. The van der Waals surface area contributed by atoms with Gasteiger partial charge >= 0.3 is 0 Å². The van der Waals surface area contributed by atoms with Crippen molar-refractivity contribution in [3.05, 3.63) is 71.5 Å². The van der Waals surface area contributed by atoms with E-state index < -0.39 is 0 Å². The summed E-state index contributed by atoms with van der Waals surface area (Å²) in [7, 11) is 0. The van der Waals surface area contributed by atoms with Gasteiger partial charge in [0.1, 0.15) is 5.82 Å². The summed E-state index contributed by atoms with van der Waals surface area (Å²) in [6, 6.07) is 19.2. The molecule has 1 aromatic heterocycles. The molecule has 0 spiro atoms. The van der Waals surface area contributed by atoms with Crippen molar-refractivity contribution < 1.29 is 4.79 Å². The minimum absolute atomic E-state index is 0.143. The van der Waals surface area contributed by atoms with Gasteiger partial charge in [0.05, 0.1) is 30.5 Å². The van der Waals surface area contributed by atoms with Crippen LogP contribution in [-0.4, -0.2) is 44.4 Å². The van der Waals surface area contributed by atoms with Gasteiger partial charge in [-0.2, -0.15) is 5.26 Å². The number of rotatable bonds is 8. The van der Waals surface area contributed by atoms with Crippen molar-refractivity contribution in [2.75, 3.05) is 24.2 Å². The summed E-state index contributed by atoms with van der Waals surface area (Å²) in [5.74, 6) is 0.999. The number of aromatic nitrogens is 3. The Bertz CT molecular complexity index is 1070. The average Bonchev–Trinajstić information content (AvgIpc) is 3.44. The summed E-state index contributed by atoms with van der Waals surface area (Å²) in [6.45, 7) is 3.62. The molecule has 1 amide bonds. The van der Waals surface area contributed by atoms with Crippen molar-refractivity contribution >= 4 is 23.4 Å². The summed E-state index contributed by atoms with van der Waals surface area (Å²) in [5.41, 5.74) is 2.30. The van der Waals surface area contributed by atoms with E-state index >= 15 is 0 Å². The highest BCUT2D eigenvalue weighted by molar-refractivity contribution is 7.99. The van der Waals surface area contributed by atoms with Crippen LogP contribution in [0.1, 0.15) is 29.8 Å². The second-order valence-electron chi connectivity index (χ2n) is 7.48. The van der Waals surface area contributed by atoms with Gasteiger partial charge in [-0.15, -0.1) is 10.2 Å². The number of hydrogen-bond acceptors (Lipinski definition) is 6. The molecule has 31 heavy (non-hydrogen) atoms. The molecular weight excluding hydrogens is 408 g/mol. The number of likely N-dealkylation sites (tertiary alicyclic amines) is 1. The summed E-state index contributed by atoms with van der Waals surface area (Å²) in [5, 5.41) is 21.4. The Balaban J connectivity index is 1.45. The van der Waals surface area contributed by atoms with Crippen molar-refractivity contribution in [1.82, 2.24) is 19.7 Å². The number of thioether (sulfide) groups is 1. The Kier molecular flexibility index (Phi) is 6.97. The third-order valence-corrected chi connectivity index (χ3v) is 6.12. The molecule has 1 saturated heterocycles. The number of nitrogens with zero attached hydrogens (tertiary/aromatic N) is 5. The fraction of sp³-hybridized carbons (Fsp3) is 0.304. The molecule has 1 fully saturated rings. The summed E-state index contributed by atoms with van der Waals surface area (Å²) < 4.78 is 2.11. The molecule has 0 bridgehead atoms. The zero-order valence-corrected chi connectivity index (χ0v) is 18.0. The van der Waals surface area contributed by atoms with Crippen LogP contribution in [0.2, 0.25) is 0 Å². The van der Waals surface area contributed by atoms with Crippen LogP contribution in [0.3, 0.4) is 0 Å². The maximum absolute atomic E-state index is 12.5. The van der Waals surface area contributed by atoms with Crippen LogP contribution < -0.4 is 5.32 Å². The lowest BCUT2D eigenvalue weighted by atomic mass is 10.2. The Morgan fingerprint density at radius 2 is 1.87 bits per heavy atom. The molecule has 0 atom stereocenters. The minimum atomic E-state index is -0.143. The van der Waals surface area contributed by atoms with Gasteiger partial charge in [0.25, 0.3) is 0 Å². The predicted molar refractivity (Wildman–Crippen MR) is 121 cm³/mol. The van der Waals surface area contributed by atoms with E-state index in [9.17, 15) is 4.79 Å². The van der Waals surface area contributed by atoms with Crippen LogP contribution in [0.25, 0.3) is 0 Å². The highest BCUT2D eigenvalue weighted by Gasteiger charge is 2.19. The smallest absolute Gasteiger partial charge is 0.234 e. The molecule has 3 aromatic rings. The molecule has 0 unspecified atom stereocenters. The van der Waals surface area contributed by atoms with Crippen LogP contribution >= 0.6 is 11.8 Å². The van der Waals surface area contributed by atoms with Crippen molar-refractivity contribution in [3.63, 3.8) is 0 Å². The Hall–Kier alpha value is -3.15. The number of nitrogens with one attached hydrogen (secondary N) is 1. The Morgan fingerprint density at radius 1 is 1.06 bits per heavy atom. The second-order valence-corrected chi connectivity index (χ2v) is 8.43. The lowest BCUT2D eigenvalue weighted by Gasteiger charge is -2.16. The molecule has 0 saturated carbocycles. The van der Waals surface area contributed by atoms with Crippen molar-refractivity contribution in [2.24, 2.45) is 0 Å². The molecule has 1 aliphatic heterocycles. The van der Waals surface area contributed by atoms with Crippen molar-refractivity contribution in [1.29, 1.82) is 5.26 Å². The van der Waals surface area contributed by atoms with E-state index in [1.165, 1.54) is 30.2 Å². The second kappa shape index (κ2) is 10.2. The monoisotopic (exact) mass is 432 g/mol. The van der Waals surface area contributed by atoms with Gasteiger partial charge in [0, 0.05) is 5.69 Å². The number of amides is 1. The van der Waals surface area contributed by atoms with Crippen LogP contribution in [0.5, 0.6) is 0 Å². The normalized spacial score (nSPS) is 13.8. The average molecular weight is 433 g/mol. The molecule has 4 rings (SSSR count). The van der Waals surface area contributed by atoms with Crippen LogP contribution in [0, 0.1) is 11.3 Å². The molecule has 158 valence electrons. The number of nitriles is 1. The fourth-order valence-corrected chi connectivity index (χ4v) is 4.36.